The Kier molecular flexibility index (Phi) is 3.64. The third-order valence-corrected chi connectivity index (χ3v) is 4.17. The number of rotatable bonds is 3. The van der Waals surface area contributed by atoms with Gasteiger partial charge < -0.3 is 5.73 Å². The molecular formula is C14H19ClN2O. The molecule has 1 saturated heterocycles. The molecule has 18 heavy (non-hydrogen) atoms. The van der Waals surface area contributed by atoms with E-state index in [1.54, 1.807) is 0 Å². The lowest BCUT2D eigenvalue weighted by molar-refractivity contribution is -0.123. The van der Waals surface area contributed by atoms with E-state index in [0.29, 0.717) is 0 Å². The van der Waals surface area contributed by atoms with E-state index in [4.69, 9.17) is 5.73 Å². The minimum Gasteiger partial charge on any atom is -0.368 e. The minimum absolute atomic E-state index is 0. The van der Waals surface area contributed by atoms with Crippen LogP contribution in [0, 0.1) is 0 Å². The summed E-state index contributed by atoms with van der Waals surface area (Å²) in [5.41, 5.74) is 6.96. The molecule has 0 spiro atoms. The van der Waals surface area contributed by atoms with Crippen LogP contribution in [0.15, 0.2) is 30.3 Å². The molecule has 1 aliphatic carbocycles. The van der Waals surface area contributed by atoms with E-state index >= 15 is 0 Å². The van der Waals surface area contributed by atoms with Crippen molar-refractivity contribution < 1.29 is 4.79 Å². The molecule has 1 aliphatic heterocycles. The van der Waals surface area contributed by atoms with Gasteiger partial charge in [-0.2, -0.15) is 0 Å². The monoisotopic (exact) mass is 266 g/mol. The highest BCUT2D eigenvalue weighted by atomic mass is 35.5. The lowest BCUT2D eigenvalue weighted by atomic mass is 10.0. The maximum Gasteiger partial charge on any atom is 0.234 e. The highest BCUT2D eigenvalue weighted by molar-refractivity contribution is 5.85. The SMILES string of the molecule is Cl.NC(=O)[C@H]1CCCN1C1(c2ccccc2)CC1. The standard InChI is InChI=1S/C14H18N2O.ClH/c15-13(17)12-7-4-10-16(12)14(8-9-14)11-5-2-1-3-6-11;/h1-3,5-6,12H,4,7-10H2,(H2,15,17);1H/t12-;/m1./s1. The fourth-order valence-corrected chi connectivity index (χ4v) is 3.18. The van der Waals surface area contributed by atoms with E-state index in [1.807, 2.05) is 6.07 Å². The maximum absolute atomic E-state index is 11.5. The zero-order valence-electron chi connectivity index (χ0n) is 10.3. The molecule has 1 atom stereocenters. The molecule has 2 aliphatic rings. The van der Waals surface area contributed by atoms with Crippen molar-refractivity contribution in [2.75, 3.05) is 6.54 Å². The molecule has 2 fully saturated rings. The van der Waals surface area contributed by atoms with Gasteiger partial charge in [-0.1, -0.05) is 30.3 Å². The van der Waals surface area contributed by atoms with Gasteiger partial charge in [0.25, 0.3) is 0 Å². The van der Waals surface area contributed by atoms with E-state index < -0.39 is 0 Å². The van der Waals surface area contributed by atoms with Crippen molar-refractivity contribution in [2.24, 2.45) is 5.73 Å². The average Bonchev–Trinajstić information content (AvgIpc) is 3.00. The zero-order chi connectivity index (χ0) is 11.9. The van der Waals surface area contributed by atoms with Gasteiger partial charge in [-0.15, -0.1) is 12.4 Å². The van der Waals surface area contributed by atoms with Crippen molar-refractivity contribution in [1.82, 2.24) is 4.90 Å². The molecule has 98 valence electrons. The van der Waals surface area contributed by atoms with E-state index in [-0.39, 0.29) is 29.9 Å². The quantitative estimate of drug-likeness (QED) is 0.910. The predicted octanol–water partition coefficient (Wildman–Crippen LogP) is 2.05. The number of hydrogen-bond acceptors (Lipinski definition) is 2. The highest BCUT2D eigenvalue weighted by Crippen LogP contribution is 2.53. The second-order valence-electron chi connectivity index (χ2n) is 5.15. The second-order valence-corrected chi connectivity index (χ2v) is 5.15. The molecular weight excluding hydrogens is 248 g/mol. The molecule has 4 heteroatoms. The Bertz CT molecular complexity index is 431. The number of primary amides is 1. The number of hydrogen-bond donors (Lipinski definition) is 1. The van der Waals surface area contributed by atoms with E-state index in [1.165, 1.54) is 5.56 Å². The summed E-state index contributed by atoms with van der Waals surface area (Å²) in [5.74, 6) is -0.162. The van der Waals surface area contributed by atoms with Crippen LogP contribution in [0.5, 0.6) is 0 Å². The van der Waals surface area contributed by atoms with Crippen LogP contribution in [0.4, 0.5) is 0 Å². The zero-order valence-corrected chi connectivity index (χ0v) is 11.2. The molecule has 0 radical (unpaired) electrons. The first kappa shape index (κ1) is 13.4. The first-order valence-electron chi connectivity index (χ1n) is 6.36. The first-order valence-corrected chi connectivity index (χ1v) is 6.36. The Morgan fingerprint density at radius 1 is 1.28 bits per heavy atom. The van der Waals surface area contributed by atoms with Crippen LogP contribution < -0.4 is 5.73 Å². The van der Waals surface area contributed by atoms with E-state index in [0.717, 1.165) is 32.2 Å². The smallest absolute Gasteiger partial charge is 0.234 e. The molecule has 1 aromatic carbocycles. The molecule has 1 aromatic rings. The Hall–Kier alpha value is -1.06. The summed E-state index contributed by atoms with van der Waals surface area (Å²) in [6.07, 6.45) is 4.31. The first-order chi connectivity index (χ1) is 8.24. The Morgan fingerprint density at radius 2 is 1.94 bits per heavy atom. The van der Waals surface area contributed by atoms with Crippen LogP contribution in [-0.2, 0) is 10.3 Å². The minimum atomic E-state index is -0.162. The van der Waals surface area contributed by atoms with Gasteiger partial charge in [0.2, 0.25) is 5.91 Å². The summed E-state index contributed by atoms with van der Waals surface area (Å²) >= 11 is 0. The van der Waals surface area contributed by atoms with Crippen molar-refractivity contribution >= 4 is 18.3 Å². The largest absolute Gasteiger partial charge is 0.368 e. The van der Waals surface area contributed by atoms with Gasteiger partial charge in [0.15, 0.2) is 0 Å². The number of carbonyl (C=O) groups excluding carboxylic acids is 1. The molecule has 1 saturated carbocycles. The summed E-state index contributed by atoms with van der Waals surface area (Å²) in [6.45, 7) is 1.00. The topological polar surface area (TPSA) is 46.3 Å². The van der Waals surface area contributed by atoms with Crippen LogP contribution in [-0.4, -0.2) is 23.4 Å². The predicted molar refractivity (Wildman–Crippen MR) is 73.5 cm³/mol. The molecule has 2 N–H and O–H groups in total. The number of amides is 1. The van der Waals surface area contributed by atoms with Crippen LogP contribution >= 0.6 is 12.4 Å². The van der Waals surface area contributed by atoms with Crippen LogP contribution in [0.1, 0.15) is 31.2 Å². The normalized spacial score (nSPS) is 25.4. The maximum atomic E-state index is 11.5. The van der Waals surface area contributed by atoms with Crippen LogP contribution in [0.2, 0.25) is 0 Å². The molecule has 0 bridgehead atoms. The van der Waals surface area contributed by atoms with Gasteiger partial charge in [-0.05, 0) is 37.8 Å². The molecule has 1 heterocycles. The number of halogens is 1. The molecule has 3 nitrogen and oxygen atoms in total. The van der Waals surface area contributed by atoms with Gasteiger partial charge in [0, 0.05) is 5.54 Å². The van der Waals surface area contributed by atoms with Crippen LogP contribution in [0.25, 0.3) is 0 Å². The molecule has 3 rings (SSSR count). The number of likely N-dealkylation sites (tertiary alicyclic amines) is 1. The second kappa shape index (κ2) is 4.90. The average molecular weight is 267 g/mol. The summed E-state index contributed by atoms with van der Waals surface area (Å²) in [5, 5.41) is 0. The van der Waals surface area contributed by atoms with Crippen molar-refractivity contribution in [2.45, 2.75) is 37.3 Å². The number of carbonyl (C=O) groups is 1. The van der Waals surface area contributed by atoms with Crippen molar-refractivity contribution in [1.29, 1.82) is 0 Å². The van der Waals surface area contributed by atoms with Crippen molar-refractivity contribution in [3.05, 3.63) is 35.9 Å². The summed E-state index contributed by atoms with van der Waals surface area (Å²) in [6, 6.07) is 10.5. The van der Waals surface area contributed by atoms with Gasteiger partial charge >= 0.3 is 0 Å². The molecule has 0 aromatic heterocycles. The Labute approximate surface area is 114 Å². The fourth-order valence-electron chi connectivity index (χ4n) is 3.18. The summed E-state index contributed by atoms with van der Waals surface area (Å²) < 4.78 is 0. The fraction of sp³-hybridized carbons (Fsp3) is 0.500. The lowest BCUT2D eigenvalue weighted by Crippen LogP contribution is -2.46. The summed E-state index contributed by atoms with van der Waals surface area (Å²) in [4.78, 5) is 13.8. The van der Waals surface area contributed by atoms with Gasteiger partial charge in [0.1, 0.15) is 0 Å². The van der Waals surface area contributed by atoms with Gasteiger partial charge in [-0.25, -0.2) is 0 Å². The number of nitrogens with zero attached hydrogens (tertiary/aromatic N) is 1. The van der Waals surface area contributed by atoms with E-state index in [2.05, 4.69) is 29.2 Å². The number of nitrogens with two attached hydrogens (primary N) is 1. The third-order valence-electron chi connectivity index (χ3n) is 4.17. The highest BCUT2D eigenvalue weighted by Gasteiger charge is 2.53. The molecule has 1 amide bonds. The van der Waals surface area contributed by atoms with Crippen LogP contribution in [0.3, 0.4) is 0 Å². The molecule has 0 unspecified atom stereocenters. The Balaban J connectivity index is 0.00000120. The third kappa shape index (κ3) is 2.02. The number of benzene rings is 1. The van der Waals surface area contributed by atoms with Gasteiger partial charge in [-0.3, -0.25) is 9.69 Å². The summed E-state index contributed by atoms with van der Waals surface area (Å²) in [7, 11) is 0. The lowest BCUT2D eigenvalue weighted by Gasteiger charge is -2.32. The Morgan fingerprint density at radius 3 is 2.50 bits per heavy atom. The van der Waals surface area contributed by atoms with E-state index in [9.17, 15) is 4.79 Å². The van der Waals surface area contributed by atoms with Crippen molar-refractivity contribution in [3.63, 3.8) is 0 Å². The van der Waals surface area contributed by atoms with Gasteiger partial charge in [0.05, 0.1) is 6.04 Å². The van der Waals surface area contributed by atoms with Crippen molar-refractivity contribution in [3.8, 4) is 0 Å².